The maximum Gasteiger partial charge on any atom is 0.287 e. The van der Waals surface area contributed by atoms with Crippen LogP contribution < -0.4 is 10.2 Å². The Kier molecular flexibility index (Phi) is 6.82. The van der Waals surface area contributed by atoms with Crippen molar-refractivity contribution in [1.82, 2.24) is 4.90 Å². The number of fused-ring (bicyclic) bond motifs is 1. The molecule has 3 aromatic carbocycles. The van der Waals surface area contributed by atoms with Crippen LogP contribution in [0.4, 0.5) is 17.1 Å². The first-order valence-electron chi connectivity index (χ1n) is 11.7. The number of non-ortho nitro benzene ring substituents is 1. The van der Waals surface area contributed by atoms with Gasteiger partial charge in [0.15, 0.2) is 0 Å². The average molecular weight is 535 g/mol. The fraction of sp³-hybridized carbons (Fsp3) is 0.185. The molecule has 1 aromatic heterocycles. The number of benzene rings is 3. The second-order valence-electron chi connectivity index (χ2n) is 8.80. The van der Waals surface area contributed by atoms with Gasteiger partial charge in [-0.15, -0.1) is 11.3 Å². The van der Waals surface area contributed by atoms with Gasteiger partial charge in [-0.25, -0.2) is 0 Å². The zero-order valence-electron chi connectivity index (χ0n) is 19.9. The normalized spacial score (nSPS) is 13.6. The minimum atomic E-state index is -0.478. The smallest absolute Gasteiger partial charge is 0.287 e. The van der Waals surface area contributed by atoms with Crippen molar-refractivity contribution in [2.75, 3.05) is 36.4 Å². The van der Waals surface area contributed by atoms with E-state index >= 15 is 0 Å². The van der Waals surface area contributed by atoms with Crippen molar-refractivity contribution in [3.63, 3.8) is 0 Å². The highest BCUT2D eigenvalue weighted by molar-refractivity contribution is 7.22. The highest BCUT2D eigenvalue weighted by Crippen LogP contribution is 2.40. The minimum absolute atomic E-state index is 0.0444. The van der Waals surface area contributed by atoms with Crippen molar-refractivity contribution >= 4 is 61.9 Å². The summed E-state index contributed by atoms with van der Waals surface area (Å²) in [7, 11) is 0. The molecule has 5 rings (SSSR count). The predicted molar refractivity (Wildman–Crippen MR) is 147 cm³/mol. The number of hydrogen-bond acceptors (Lipinski definition) is 6. The van der Waals surface area contributed by atoms with Crippen LogP contribution in [0.5, 0.6) is 0 Å². The van der Waals surface area contributed by atoms with Gasteiger partial charge in [-0.2, -0.15) is 0 Å². The van der Waals surface area contributed by atoms with Crippen molar-refractivity contribution in [2.24, 2.45) is 0 Å². The third kappa shape index (κ3) is 5.00. The molecule has 1 fully saturated rings. The summed E-state index contributed by atoms with van der Waals surface area (Å²) in [6, 6.07) is 19.7. The Hall–Kier alpha value is -3.95. The number of rotatable bonds is 5. The number of hydrogen-bond donors (Lipinski definition) is 1. The fourth-order valence-electron chi connectivity index (χ4n) is 4.35. The van der Waals surface area contributed by atoms with Crippen molar-refractivity contribution in [2.45, 2.75) is 6.92 Å². The number of anilines is 2. The fourth-order valence-corrected chi connectivity index (χ4v) is 5.84. The van der Waals surface area contributed by atoms with Crippen LogP contribution in [0, 0.1) is 17.0 Å². The Morgan fingerprint density at radius 2 is 1.65 bits per heavy atom. The summed E-state index contributed by atoms with van der Waals surface area (Å²) < 4.78 is 0.373. The number of thiophene rings is 1. The number of aryl methyl sites for hydroxylation is 1. The summed E-state index contributed by atoms with van der Waals surface area (Å²) >= 11 is 7.40. The van der Waals surface area contributed by atoms with Crippen LogP contribution in [0.3, 0.4) is 0 Å². The van der Waals surface area contributed by atoms with Gasteiger partial charge in [0, 0.05) is 54.6 Å². The average Bonchev–Trinajstić information content (AvgIpc) is 3.26. The first-order chi connectivity index (χ1) is 17.8. The van der Waals surface area contributed by atoms with Crippen LogP contribution in [-0.4, -0.2) is 47.8 Å². The summed E-state index contributed by atoms with van der Waals surface area (Å²) in [4.78, 5) is 40.8. The number of nitrogens with zero attached hydrogens (tertiary/aromatic N) is 3. The van der Waals surface area contributed by atoms with Crippen molar-refractivity contribution in [1.29, 1.82) is 0 Å². The molecule has 0 radical (unpaired) electrons. The van der Waals surface area contributed by atoms with Crippen molar-refractivity contribution in [3.8, 4) is 0 Å². The molecule has 1 aliphatic heterocycles. The monoisotopic (exact) mass is 534 g/mol. The first-order valence-corrected chi connectivity index (χ1v) is 12.9. The van der Waals surface area contributed by atoms with Crippen LogP contribution in [-0.2, 0) is 0 Å². The van der Waals surface area contributed by atoms with Gasteiger partial charge in [-0.3, -0.25) is 19.7 Å². The lowest BCUT2D eigenvalue weighted by atomic mass is 10.1. The van der Waals surface area contributed by atoms with Crippen LogP contribution in [0.1, 0.15) is 25.6 Å². The Labute approximate surface area is 222 Å². The standard InChI is InChI=1S/C27H23ClN4O4S/c1-17-5-7-18(8-6-17)27(34)31-15-13-30(14-16-31)20-11-9-19(10-12-20)29-26(33)25-23(28)21-3-2-4-22(32(35)36)24(21)37-25/h2-12H,13-16H2,1H3,(H,29,33). The second kappa shape index (κ2) is 10.2. The van der Waals surface area contributed by atoms with E-state index in [-0.39, 0.29) is 21.5 Å². The minimum Gasteiger partial charge on any atom is -0.368 e. The Morgan fingerprint density at radius 1 is 0.973 bits per heavy atom. The van der Waals surface area contributed by atoms with Gasteiger partial charge in [-0.05, 0) is 43.3 Å². The molecule has 1 saturated heterocycles. The quantitative estimate of drug-likeness (QED) is 0.251. The van der Waals surface area contributed by atoms with Crippen LogP contribution in [0.15, 0.2) is 66.7 Å². The first kappa shape index (κ1) is 24.7. The van der Waals surface area contributed by atoms with E-state index < -0.39 is 10.8 Å². The van der Waals surface area contributed by atoms with Gasteiger partial charge in [0.25, 0.3) is 17.5 Å². The number of nitro benzene ring substituents is 1. The molecule has 0 spiro atoms. The molecule has 188 valence electrons. The number of nitrogens with one attached hydrogen (secondary N) is 1. The number of carbonyl (C=O) groups excluding carboxylic acids is 2. The van der Waals surface area contributed by atoms with E-state index in [1.54, 1.807) is 24.3 Å². The zero-order valence-corrected chi connectivity index (χ0v) is 21.5. The lowest BCUT2D eigenvalue weighted by Gasteiger charge is -2.36. The summed E-state index contributed by atoms with van der Waals surface area (Å²) in [6.07, 6.45) is 0. The number of amides is 2. The molecule has 0 aliphatic carbocycles. The molecule has 4 aromatic rings. The predicted octanol–water partition coefficient (Wildman–Crippen LogP) is 5.99. The van der Waals surface area contributed by atoms with Crippen LogP contribution in [0.25, 0.3) is 10.1 Å². The molecule has 0 atom stereocenters. The molecule has 10 heteroatoms. The maximum atomic E-state index is 12.9. The topological polar surface area (TPSA) is 95.8 Å². The molecule has 8 nitrogen and oxygen atoms in total. The molecule has 0 bridgehead atoms. The van der Waals surface area contributed by atoms with Gasteiger partial charge in [0.05, 0.1) is 9.95 Å². The van der Waals surface area contributed by atoms with Crippen LogP contribution in [0.2, 0.25) is 5.02 Å². The summed E-state index contributed by atoms with van der Waals surface area (Å²) in [5.74, 6) is -0.376. The maximum absolute atomic E-state index is 12.9. The van der Waals surface area contributed by atoms with E-state index in [2.05, 4.69) is 10.2 Å². The third-order valence-electron chi connectivity index (χ3n) is 6.39. The van der Waals surface area contributed by atoms with E-state index in [0.717, 1.165) is 22.6 Å². The lowest BCUT2D eigenvalue weighted by molar-refractivity contribution is -0.382. The Morgan fingerprint density at radius 3 is 2.30 bits per heavy atom. The van der Waals surface area contributed by atoms with Gasteiger partial charge in [0.1, 0.15) is 9.58 Å². The van der Waals surface area contributed by atoms with E-state index in [1.165, 1.54) is 6.07 Å². The molecule has 2 amide bonds. The summed E-state index contributed by atoms with van der Waals surface area (Å²) in [5, 5.41) is 14.9. The molecule has 37 heavy (non-hydrogen) atoms. The second-order valence-corrected chi connectivity index (χ2v) is 10.2. The van der Waals surface area contributed by atoms with Gasteiger partial charge < -0.3 is 15.1 Å². The number of piperazine rings is 1. The number of nitro groups is 1. The molecular formula is C27H23ClN4O4S. The summed E-state index contributed by atoms with van der Waals surface area (Å²) in [5.41, 5.74) is 3.33. The lowest BCUT2D eigenvalue weighted by Crippen LogP contribution is -2.48. The third-order valence-corrected chi connectivity index (χ3v) is 8.12. The van der Waals surface area contributed by atoms with Crippen molar-refractivity contribution in [3.05, 3.63) is 97.9 Å². The number of halogens is 1. The van der Waals surface area contributed by atoms with Crippen LogP contribution >= 0.6 is 22.9 Å². The van der Waals surface area contributed by atoms with E-state index in [0.29, 0.717) is 47.5 Å². The highest BCUT2D eigenvalue weighted by Gasteiger charge is 2.24. The van der Waals surface area contributed by atoms with E-state index in [1.807, 2.05) is 48.2 Å². The number of carbonyl (C=O) groups is 2. The van der Waals surface area contributed by atoms with Gasteiger partial charge >= 0.3 is 0 Å². The van der Waals surface area contributed by atoms with E-state index in [4.69, 9.17) is 11.6 Å². The molecule has 0 saturated carbocycles. The molecule has 0 unspecified atom stereocenters. The van der Waals surface area contributed by atoms with Gasteiger partial charge in [0.2, 0.25) is 0 Å². The zero-order chi connectivity index (χ0) is 26.1. The summed E-state index contributed by atoms with van der Waals surface area (Å²) in [6.45, 7) is 4.67. The largest absolute Gasteiger partial charge is 0.368 e. The van der Waals surface area contributed by atoms with Gasteiger partial charge in [-0.1, -0.05) is 41.4 Å². The molecule has 1 aliphatic rings. The SMILES string of the molecule is Cc1ccc(C(=O)N2CCN(c3ccc(NC(=O)c4sc5c([N+](=O)[O-])cccc5c4Cl)cc3)CC2)cc1. The Balaban J connectivity index is 1.22. The van der Waals surface area contributed by atoms with E-state index in [9.17, 15) is 19.7 Å². The molecule has 2 heterocycles. The van der Waals surface area contributed by atoms with Crippen molar-refractivity contribution < 1.29 is 14.5 Å². The Bertz CT molecular complexity index is 1490. The molecule has 1 N–H and O–H groups in total. The highest BCUT2D eigenvalue weighted by atomic mass is 35.5. The molecular weight excluding hydrogens is 512 g/mol.